The summed E-state index contributed by atoms with van der Waals surface area (Å²) in [5.74, 6) is 1.35. The van der Waals surface area contributed by atoms with Gasteiger partial charge in [0, 0.05) is 31.6 Å². The summed E-state index contributed by atoms with van der Waals surface area (Å²) < 4.78 is 0. The number of nitrogens with one attached hydrogen (secondary N) is 2. The van der Waals surface area contributed by atoms with Crippen LogP contribution in [0.4, 0.5) is 5.00 Å². The number of rotatable bonds is 4. The molecule has 1 aliphatic carbocycles. The summed E-state index contributed by atoms with van der Waals surface area (Å²) in [6.07, 6.45) is 6.51. The van der Waals surface area contributed by atoms with Gasteiger partial charge in [0.2, 0.25) is 0 Å². The van der Waals surface area contributed by atoms with E-state index in [1.807, 2.05) is 30.3 Å². The van der Waals surface area contributed by atoms with Gasteiger partial charge in [-0.15, -0.1) is 11.3 Å². The Morgan fingerprint density at radius 2 is 2.09 bits per heavy atom. The second-order valence-corrected chi connectivity index (χ2v) is 10.0. The Balaban J connectivity index is 1.42. The number of anilines is 1. The van der Waals surface area contributed by atoms with E-state index in [9.17, 15) is 5.11 Å². The lowest BCUT2D eigenvalue weighted by Gasteiger charge is -2.36. The van der Waals surface area contributed by atoms with Gasteiger partial charge in [0.15, 0.2) is 5.84 Å². The van der Waals surface area contributed by atoms with Crippen molar-refractivity contribution in [1.82, 2.24) is 15.2 Å². The zero-order valence-electron chi connectivity index (χ0n) is 18.7. The van der Waals surface area contributed by atoms with E-state index in [1.54, 1.807) is 11.3 Å². The molecule has 168 valence electrons. The highest BCUT2D eigenvalue weighted by atomic mass is 32.1. The quantitative estimate of drug-likeness (QED) is 0.645. The van der Waals surface area contributed by atoms with Crippen LogP contribution >= 0.6 is 11.3 Å². The van der Waals surface area contributed by atoms with E-state index >= 15 is 0 Å². The topological polar surface area (TPSA) is 72.8 Å². The van der Waals surface area contributed by atoms with Crippen LogP contribution in [-0.4, -0.2) is 46.5 Å². The second kappa shape index (κ2) is 9.17. The van der Waals surface area contributed by atoms with Crippen molar-refractivity contribution in [2.75, 3.05) is 25.0 Å². The Kier molecular flexibility index (Phi) is 6.13. The number of aliphatic hydroxyl groups is 1. The van der Waals surface area contributed by atoms with Gasteiger partial charge in [0.05, 0.1) is 22.5 Å². The number of hydrogen-bond acceptors (Lipinski definition) is 7. The largest absolute Gasteiger partial charge is 0.388 e. The van der Waals surface area contributed by atoms with Gasteiger partial charge in [0.1, 0.15) is 10.7 Å². The zero-order chi connectivity index (χ0) is 22.1. The van der Waals surface area contributed by atoms with E-state index in [-0.39, 0.29) is 6.04 Å². The van der Waals surface area contributed by atoms with Crippen LogP contribution in [0.15, 0.2) is 58.9 Å². The molecule has 0 radical (unpaired) electrons. The van der Waals surface area contributed by atoms with Crippen LogP contribution in [0.25, 0.3) is 0 Å². The zero-order valence-corrected chi connectivity index (χ0v) is 19.5. The molecule has 0 saturated carbocycles. The number of piperazine rings is 1. The number of aromatic nitrogens is 1. The summed E-state index contributed by atoms with van der Waals surface area (Å²) >= 11 is 1.74. The minimum atomic E-state index is -0.480. The van der Waals surface area contributed by atoms with Gasteiger partial charge in [0.25, 0.3) is 0 Å². The first-order chi connectivity index (χ1) is 15.6. The van der Waals surface area contributed by atoms with Crippen molar-refractivity contribution in [1.29, 1.82) is 0 Å². The molecule has 5 rings (SSSR count). The van der Waals surface area contributed by atoms with E-state index < -0.39 is 6.10 Å². The molecular formula is C25H31N5OS. The highest BCUT2D eigenvalue weighted by Gasteiger charge is 2.31. The summed E-state index contributed by atoms with van der Waals surface area (Å²) in [5, 5.41) is 20.2. The first-order valence-corrected chi connectivity index (χ1v) is 12.4. The van der Waals surface area contributed by atoms with Crippen molar-refractivity contribution in [2.24, 2.45) is 4.99 Å². The number of allylic oxidation sites excluding steroid dienone is 3. The number of aliphatic hydroxyl groups excluding tert-OH is 1. The third kappa shape index (κ3) is 4.37. The Labute approximate surface area is 193 Å². The molecule has 3 N–H and O–H groups in total. The molecule has 2 aliphatic heterocycles. The lowest BCUT2D eigenvalue weighted by molar-refractivity contribution is 0.136. The Morgan fingerprint density at radius 3 is 2.91 bits per heavy atom. The molecule has 2 aromatic rings. The van der Waals surface area contributed by atoms with Crippen molar-refractivity contribution < 1.29 is 5.11 Å². The van der Waals surface area contributed by atoms with Crippen molar-refractivity contribution in [3.05, 3.63) is 70.1 Å². The smallest absolute Gasteiger partial charge is 0.158 e. The summed E-state index contributed by atoms with van der Waals surface area (Å²) in [7, 11) is 0. The molecule has 1 aromatic carbocycles. The maximum Gasteiger partial charge on any atom is 0.158 e. The predicted octanol–water partition coefficient (Wildman–Crippen LogP) is 4.40. The lowest BCUT2D eigenvalue weighted by atomic mass is 10.0. The van der Waals surface area contributed by atoms with Crippen LogP contribution in [0.2, 0.25) is 0 Å². The van der Waals surface area contributed by atoms with Crippen molar-refractivity contribution in [3.63, 3.8) is 0 Å². The van der Waals surface area contributed by atoms with E-state index in [0.717, 1.165) is 71.0 Å². The van der Waals surface area contributed by atoms with Crippen LogP contribution in [-0.2, 0) is 0 Å². The lowest BCUT2D eigenvalue weighted by Crippen LogP contribution is -2.53. The third-order valence-electron chi connectivity index (χ3n) is 6.23. The van der Waals surface area contributed by atoms with Crippen LogP contribution in [0, 0.1) is 0 Å². The van der Waals surface area contributed by atoms with Crippen LogP contribution in [0.5, 0.6) is 0 Å². The van der Waals surface area contributed by atoms with E-state index in [4.69, 9.17) is 9.98 Å². The van der Waals surface area contributed by atoms with Crippen LogP contribution < -0.4 is 10.6 Å². The number of amidine groups is 1. The molecule has 0 spiro atoms. The molecule has 6 nitrogen and oxygen atoms in total. The molecule has 1 saturated heterocycles. The van der Waals surface area contributed by atoms with Gasteiger partial charge >= 0.3 is 0 Å². The Hall–Kier alpha value is -2.48. The molecule has 1 aromatic heterocycles. The van der Waals surface area contributed by atoms with Crippen molar-refractivity contribution in [3.8, 4) is 0 Å². The predicted molar refractivity (Wildman–Crippen MR) is 131 cm³/mol. The first kappa shape index (κ1) is 21.4. The van der Waals surface area contributed by atoms with E-state index in [0.29, 0.717) is 12.3 Å². The van der Waals surface area contributed by atoms with Gasteiger partial charge in [-0.1, -0.05) is 50.3 Å². The average molecular weight is 450 g/mol. The average Bonchev–Trinajstić information content (AvgIpc) is 3.16. The van der Waals surface area contributed by atoms with Gasteiger partial charge in [-0.2, -0.15) is 0 Å². The normalized spacial score (nSPS) is 21.6. The first-order valence-electron chi connectivity index (χ1n) is 11.6. The highest BCUT2D eigenvalue weighted by Crippen LogP contribution is 2.36. The van der Waals surface area contributed by atoms with Crippen LogP contribution in [0.1, 0.15) is 61.4 Å². The summed E-state index contributed by atoms with van der Waals surface area (Å²) in [4.78, 5) is 12.5. The van der Waals surface area contributed by atoms with Crippen molar-refractivity contribution in [2.45, 2.75) is 51.2 Å². The van der Waals surface area contributed by atoms with Crippen LogP contribution in [0.3, 0.4) is 0 Å². The van der Waals surface area contributed by atoms with Gasteiger partial charge < -0.3 is 20.6 Å². The molecular weight excluding hydrogens is 418 g/mol. The number of fused-ring (bicyclic) bond motifs is 1. The summed E-state index contributed by atoms with van der Waals surface area (Å²) in [6.45, 7) is 6.91. The Morgan fingerprint density at radius 1 is 1.25 bits per heavy atom. The van der Waals surface area contributed by atoms with Gasteiger partial charge in [-0.05, 0) is 30.9 Å². The Bertz CT molecular complexity index is 1060. The van der Waals surface area contributed by atoms with Gasteiger partial charge in [-0.25, -0.2) is 9.98 Å². The molecule has 7 heteroatoms. The molecule has 3 heterocycles. The molecule has 0 bridgehead atoms. The minimum absolute atomic E-state index is 0.184. The maximum atomic E-state index is 10.8. The van der Waals surface area contributed by atoms with Crippen molar-refractivity contribution >= 4 is 22.2 Å². The van der Waals surface area contributed by atoms with E-state index in [1.165, 1.54) is 0 Å². The summed E-state index contributed by atoms with van der Waals surface area (Å²) in [5.41, 5.74) is 4.14. The highest BCUT2D eigenvalue weighted by molar-refractivity contribution is 7.16. The molecule has 1 fully saturated rings. The SMILES string of the molecule is CC(C)c1nc2c(s1)NC1=C(CCC=C1)N=C2N1CCN[C@@H](C[C@H](O)c2ccccc2)C1. The number of benzene rings is 1. The third-order valence-corrected chi connectivity index (χ3v) is 7.50. The van der Waals surface area contributed by atoms with E-state index in [2.05, 4.69) is 41.5 Å². The fourth-order valence-electron chi connectivity index (χ4n) is 4.48. The molecule has 3 aliphatic rings. The molecule has 32 heavy (non-hydrogen) atoms. The monoisotopic (exact) mass is 449 g/mol. The summed E-state index contributed by atoms with van der Waals surface area (Å²) in [6, 6.07) is 10.1. The maximum absolute atomic E-state index is 10.8. The van der Waals surface area contributed by atoms with Gasteiger partial charge in [-0.3, -0.25) is 0 Å². The second-order valence-electron chi connectivity index (χ2n) is 9.01. The number of thiazole rings is 1. The molecule has 2 atom stereocenters. The minimum Gasteiger partial charge on any atom is -0.388 e. The molecule has 0 amide bonds. The number of hydrogen-bond donors (Lipinski definition) is 3. The standard InChI is InChI=1S/C25H31N5OS/c1-16(2)24-29-22-23(27-19-10-6-7-11-20(19)28-25(22)32-24)30-13-12-26-18(15-30)14-21(31)17-8-4-3-5-9-17/h3-5,7-9,11,16,18,21,26,28,31H,6,10,12-15H2,1-2H3/t18-,21-/m0/s1. The fraction of sp³-hybridized carbons (Fsp3) is 0.440. The fourth-order valence-corrected chi connectivity index (χ4v) is 5.46. The number of nitrogens with zero attached hydrogens (tertiary/aromatic N) is 3. The number of aliphatic imine (C=N–C) groups is 1. The molecule has 0 unspecified atom stereocenters.